The molecule has 0 amide bonds. The lowest BCUT2D eigenvalue weighted by atomic mass is 9.99. The molecule has 1 aromatic carbocycles. The first kappa shape index (κ1) is 13.7. The van der Waals surface area contributed by atoms with Crippen molar-refractivity contribution in [1.29, 1.82) is 0 Å². The maximum absolute atomic E-state index is 6.02. The lowest BCUT2D eigenvalue weighted by Crippen LogP contribution is -2.17. The molecule has 0 aliphatic rings. The van der Waals surface area contributed by atoms with E-state index in [1.165, 1.54) is 0 Å². The molecule has 0 aliphatic carbocycles. The molecule has 0 bridgehead atoms. The summed E-state index contributed by atoms with van der Waals surface area (Å²) in [7, 11) is 1.94. The van der Waals surface area contributed by atoms with Crippen LogP contribution in [0.25, 0.3) is 0 Å². The van der Waals surface area contributed by atoms with Crippen LogP contribution in [0, 0.1) is 13.8 Å². The Bertz CT molecular complexity index is 565. The maximum atomic E-state index is 6.02. The van der Waals surface area contributed by atoms with E-state index < -0.39 is 0 Å². The van der Waals surface area contributed by atoms with E-state index in [4.69, 9.17) is 16.0 Å². The quantitative estimate of drug-likeness (QED) is 0.889. The average molecular weight is 329 g/mol. The summed E-state index contributed by atoms with van der Waals surface area (Å²) in [6, 6.07) is 8.13. The molecule has 2 rings (SSSR count). The first-order chi connectivity index (χ1) is 8.52. The Labute approximate surface area is 120 Å². The zero-order valence-corrected chi connectivity index (χ0v) is 12.9. The van der Waals surface area contributed by atoms with Gasteiger partial charge in [0.05, 0.1) is 11.1 Å². The molecule has 1 N–H and O–H groups in total. The molecule has 2 aromatic rings. The first-order valence-corrected chi connectivity index (χ1v) is 6.89. The van der Waals surface area contributed by atoms with Crippen molar-refractivity contribution in [2.24, 2.45) is 0 Å². The number of rotatable bonds is 3. The third kappa shape index (κ3) is 2.63. The monoisotopic (exact) mass is 327 g/mol. The number of hydrogen-bond acceptors (Lipinski definition) is 2. The predicted octanol–water partition coefficient (Wildman–Crippen LogP) is 4.62. The summed E-state index contributed by atoms with van der Waals surface area (Å²) in [5.74, 6) is 1.87. The summed E-state index contributed by atoms with van der Waals surface area (Å²) in [6.07, 6.45) is 0. The molecule has 1 unspecified atom stereocenters. The highest BCUT2D eigenvalue weighted by atomic mass is 79.9. The fourth-order valence-corrected chi connectivity index (χ4v) is 2.64. The van der Waals surface area contributed by atoms with Crippen LogP contribution in [0.2, 0.25) is 5.02 Å². The average Bonchev–Trinajstić information content (AvgIpc) is 2.64. The lowest BCUT2D eigenvalue weighted by Gasteiger charge is -2.16. The number of hydrogen-bond donors (Lipinski definition) is 1. The van der Waals surface area contributed by atoms with Gasteiger partial charge in [-0.05, 0) is 60.6 Å². The van der Waals surface area contributed by atoms with E-state index in [0.717, 1.165) is 27.1 Å². The van der Waals surface area contributed by atoms with E-state index >= 15 is 0 Å². The van der Waals surface area contributed by atoms with Crippen LogP contribution in [-0.2, 0) is 0 Å². The SMILES string of the molecule is CNC(c1ccc(Cl)c(Br)c1)c1cc(C)oc1C. The number of aryl methyl sites for hydroxylation is 2. The number of benzene rings is 1. The summed E-state index contributed by atoms with van der Waals surface area (Å²) < 4.78 is 6.50. The summed E-state index contributed by atoms with van der Waals surface area (Å²) in [4.78, 5) is 0. The fraction of sp³-hybridized carbons (Fsp3) is 0.286. The maximum Gasteiger partial charge on any atom is 0.106 e. The lowest BCUT2D eigenvalue weighted by molar-refractivity contribution is 0.497. The van der Waals surface area contributed by atoms with Crippen molar-refractivity contribution >= 4 is 27.5 Å². The molecule has 96 valence electrons. The van der Waals surface area contributed by atoms with Crippen LogP contribution in [-0.4, -0.2) is 7.05 Å². The highest BCUT2D eigenvalue weighted by molar-refractivity contribution is 9.10. The van der Waals surface area contributed by atoms with Gasteiger partial charge in [-0.25, -0.2) is 0 Å². The zero-order valence-electron chi connectivity index (χ0n) is 10.6. The van der Waals surface area contributed by atoms with Crippen LogP contribution in [0.4, 0.5) is 0 Å². The first-order valence-electron chi connectivity index (χ1n) is 5.72. The van der Waals surface area contributed by atoms with Gasteiger partial charge in [0, 0.05) is 10.0 Å². The molecule has 0 aliphatic heterocycles. The minimum Gasteiger partial charge on any atom is -0.466 e. The van der Waals surface area contributed by atoms with Gasteiger partial charge in [-0.15, -0.1) is 0 Å². The normalized spacial score (nSPS) is 12.7. The Morgan fingerprint density at radius 1 is 1.28 bits per heavy atom. The molecule has 1 aromatic heterocycles. The third-order valence-corrected chi connectivity index (χ3v) is 4.17. The summed E-state index contributed by atoms with van der Waals surface area (Å²) in [5, 5.41) is 4.03. The van der Waals surface area contributed by atoms with Crippen LogP contribution in [0.15, 0.2) is 33.2 Å². The zero-order chi connectivity index (χ0) is 13.3. The number of halogens is 2. The van der Waals surface area contributed by atoms with Crippen LogP contribution in [0.1, 0.15) is 28.7 Å². The van der Waals surface area contributed by atoms with E-state index in [9.17, 15) is 0 Å². The molecule has 18 heavy (non-hydrogen) atoms. The van der Waals surface area contributed by atoms with E-state index in [1.54, 1.807) is 0 Å². The Balaban J connectivity index is 2.45. The Kier molecular flexibility index (Phi) is 4.15. The molecule has 0 saturated carbocycles. The Morgan fingerprint density at radius 2 is 2.00 bits per heavy atom. The van der Waals surface area contributed by atoms with E-state index in [-0.39, 0.29) is 6.04 Å². The molecular formula is C14H15BrClNO. The van der Waals surface area contributed by atoms with Crippen LogP contribution in [0.3, 0.4) is 0 Å². The number of nitrogens with one attached hydrogen (secondary N) is 1. The summed E-state index contributed by atoms with van der Waals surface area (Å²) in [5.41, 5.74) is 2.31. The van der Waals surface area contributed by atoms with Crippen molar-refractivity contribution in [3.05, 3.63) is 56.4 Å². The fourth-order valence-electron chi connectivity index (χ4n) is 2.13. The van der Waals surface area contributed by atoms with Crippen molar-refractivity contribution in [2.75, 3.05) is 7.05 Å². The van der Waals surface area contributed by atoms with Crippen molar-refractivity contribution in [3.63, 3.8) is 0 Å². The summed E-state index contributed by atoms with van der Waals surface area (Å²) in [6.45, 7) is 3.94. The van der Waals surface area contributed by atoms with Gasteiger partial charge in [-0.3, -0.25) is 0 Å². The second kappa shape index (κ2) is 5.47. The van der Waals surface area contributed by atoms with Crippen LogP contribution in [0.5, 0.6) is 0 Å². The Morgan fingerprint density at radius 3 is 2.50 bits per heavy atom. The van der Waals surface area contributed by atoms with Crippen LogP contribution >= 0.6 is 27.5 Å². The van der Waals surface area contributed by atoms with E-state index in [0.29, 0.717) is 5.02 Å². The van der Waals surface area contributed by atoms with Gasteiger partial charge in [-0.2, -0.15) is 0 Å². The van der Waals surface area contributed by atoms with E-state index in [2.05, 4.69) is 27.3 Å². The van der Waals surface area contributed by atoms with E-state index in [1.807, 2.05) is 39.1 Å². The van der Waals surface area contributed by atoms with Gasteiger partial charge >= 0.3 is 0 Å². The predicted molar refractivity (Wildman–Crippen MR) is 78.2 cm³/mol. The highest BCUT2D eigenvalue weighted by Crippen LogP contribution is 2.31. The molecule has 0 fully saturated rings. The van der Waals surface area contributed by atoms with Crippen LogP contribution < -0.4 is 5.32 Å². The highest BCUT2D eigenvalue weighted by Gasteiger charge is 2.18. The minimum absolute atomic E-state index is 0.107. The molecule has 2 nitrogen and oxygen atoms in total. The molecule has 1 atom stereocenters. The Hall–Kier alpha value is -0.770. The summed E-state index contributed by atoms with van der Waals surface area (Å²) >= 11 is 9.48. The number of furan rings is 1. The molecule has 4 heteroatoms. The smallest absolute Gasteiger partial charge is 0.106 e. The van der Waals surface area contributed by atoms with Gasteiger partial charge in [0.1, 0.15) is 11.5 Å². The minimum atomic E-state index is 0.107. The largest absolute Gasteiger partial charge is 0.466 e. The topological polar surface area (TPSA) is 25.2 Å². The van der Waals surface area contributed by atoms with Gasteiger partial charge in [0.15, 0.2) is 0 Å². The second-order valence-corrected chi connectivity index (χ2v) is 5.53. The second-order valence-electron chi connectivity index (χ2n) is 4.26. The van der Waals surface area contributed by atoms with Crippen molar-refractivity contribution < 1.29 is 4.42 Å². The van der Waals surface area contributed by atoms with Gasteiger partial charge in [0.25, 0.3) is 0 Å². The molecule has 0 radical (unpaired) electrons. The standard InChI is InChI=1S/C14H15BrClNO/c1-8-6-11(9(2)18-8)14(17-3)10-4-5-13(16)12(15)7-10/h4-7,14,17H,1-3H3. The third-order valence-electron chi connectivity index (χ3n) is 2.96. The molecule has 1 heterocycles. The molecule has 0 spiro atoms. The van der Waals surface area contributed by atoms with Crippen molar-refractivity contribution in [1.82, 2.24) is 5.32 Å². The van der Waals surface area contributed by atoms with Gasteiger partial charge < -0.3 is 9.73 Å². The van der Waals surface area contributed by atoms with Gasteiger partial charge in [-0.1, -0.05) is 17.7 Å². The van der Waals surface area contributed by atoms with Crippen molar-refractivity contribution in [2.45, 2.75) is 19.9 Å². The van der Waals surface area contributed by atoms with Gasteiger partial charge in [0.2, 0.25) is 0 Å². The van der Waals surface area contributed by atoms with Crippen molar-refractivity contribution in [3.8, 4) is 0 Å². The molecular weight excluding hydrogens is 314 g/mol. The molecule has 0 saturated heterocycles.